The molecule has 1 aromatic rings. The molecule has 0 heterocycles. The summed E-state index contributed by atoms with van der Waals surface area (Å²) in [4.78, 5) is 0. The van der Waals surface area contributed by atoms with E-state index in [-0.39, 0.29) is 11.6 Å². The fourth-order valence-electron chi connectivity index (χ4n) is 1.95. The average molecular weight is 273 g/mol. The van der Waals surface area contributed by atoms with Crippen LogP contribution in [0.3, 0.4) is 0 Å². The minimum Gasteiger partial charge on any atom is -0.477 e. The van der Waals surface area contributed by atoms with Crippen LogP contribution in [0.2, 0.25) is 0 Å². The second-order valence-corrected chi connectivity index (χ2v) is 5.87. The van der Waals surface area contributed by atoms with Gasteiger partial charge in [-0.05, 0) is 57.9 Å². The zero-order valence-corrected chi connectivity index (χ0v) is 13.4. The van der Waals surface area contributed by atoms with Gasteiger partial charge in [-0.15, -0.1) is 0 Å². The number of benzene rings is 1. The van der Waals surface area contributed by atoms with Crippen LogP contribution in [0.4, 0.5) is 0 Å². The molecule has 110 valence electrons. The molecular formula is C18H27NO. The van der Waals surface area contributed by atoms with Crippen LogP contribution in [-0.2, 0) is 10.3 Å². The summed E-state index contributed by atoms with van der Waals surface area (Å²) in [5.41, 5.74) is 3.17. The van der Waals surface area contributed by atoms with E-state index in [1.807, 2.05) is 13.8 Å². The first-order valence-corrected chi connectivity index (χ1v) is 7.16. The Bertz CT molecular complexity index is 488. The Morgan fingerprint density at radius 1 is 1.35 bits per heavy atom. The molecule has 0 radical (unpaired) electrons. The highest BCUT2D eigenvalue weighted by atomic mass is 16.5. The lowest BCUT2D eigenvalue weighted by Gasteiger charge is -2.30. The Hall–Kier alpha value is -1.70. The molecule has 20 heavy (non-hydrogen) atoms. The molecular weight excluding hydrogens is 246 g/mol. The lowest BCUT2D eigenvalue weighted by Crippen LogP contribution is -2.37. The van der Waals surface area contributed by atoms with Gasteiger partial charge in [0.05, 0.1) is 11.6 Å². The van der Waals surface area contributed by atoms with Gasteiger partial charge in [0.1, 0.15) is 0 Å². The number of rotatable bonds is 7. The van der Waals surface area contributed by atoms with Gasteiger partial charge in [-0.3, -0.25) is 0 Å². The van der Waals surface area contributed by atoms with Gasteiger partial charge in [-0.25, -0.2) is 0 Å². The van der Waals surface area contributed by atoms with Crippen LogP contribution >= 0.6 is 0 Å². The van der Waals surface area contributed by atoms with Gasteiger partial charge in [-0.2, -0.15) is 0 Å². The Balaban J connectivity index is 2.85. The predicted octanol–water partition coefficient (Wildman–Crippen LogP) is 4.83. The molecule has 0 aliphatic rings. The maximum atomic E-state index is 5.71. The maximum absolute atomic E-state index is 5.71. The summed E-state index contributed by atoms with van der Waals surface area (Å²) in [6, 6.07) is 8.40. The smallest absolute Gasteiger partial charge is 0.180 e. The van der Waals surface area contributed by atoms with Gasteiger partial charge in [0.2, 0.25) is 0 Å². The van der Waals surface area contributed by atoms with Gasteiger partial charge in [0.25, 0.3) is 0 Å². The van der Waals surface area contributed by atoms with E-state index in [4.69, 9.17) is 4.74 Å². The highest BCUT2D eigenvalue weighted by Gasteiger charge is 2.22. The molecule has 0 aromatic heterocycles. The lowest BCUT2D eigenvalue weighted by molar-refractivity contribution is 0.102. The topological polar surface area (TPSA) is 21.3 Å². The maximum Gasteiger partial charge on any atom is 0.180 e. The quantitative estimate of drug-likeness (QED) is 0.718. The first-order valence-electron chi connectivity index (χ1n) is 7.16. The third-order valence-electron chi connectivity index (χ3n) is 3.45. The van der Waals surface area contributed by atoms with Gasteiger partial charge in [0, 0.05) is 0 Å². The first kappa shape index (κ1) is 16.4. The zero-order valence-electron chi connectivity index (χ0n) is 13.4. The number of allylic oxidation sites excluding steroid dienone is 1. The molecule has 0 spiro atoms. The van der Waals surface area contributed by atoms with Crippen molar-refractivity contribution in [2.24, 2.45) is 0 Å². The fourth-order valence-corrected chi connectivity index (χ4v) is 1.95. The summed E-state index contributed by atoms with van der Waals surface area (Å²) >= 11 is 0. The van der Waals surface area contributed by atoms with Crippen molar-refractivity contribution in [2.75, 3.05) is 0 Å². The molecule has 0 aliphatic heterocycles. The van der Waals surface area contributed by atoms with Crippen LogP contribution in [-0.4, -0.2) is 6.10 Å². The van der Waals surface area contributed by atoms with Crippen LogP contribution in [0.15, 0.2) is 43.3 Å². The average Bonchev–Trinajstić information content (AvgIpc) is 2.37. The van der Waals surface area contributed by atoms with Crippen molar-refractivity contribution in [3.63, 3.8) is 0 Å². The normalized spacial score (nSPS) is 12.7. The van der Waals surface area contributed by atoms with E-state index in [0.29, 0.717) is 5.88 Å². The zero-order chi connectivity index (χ0) is 15.3. The number of nitrogens with one attached hydrogen (secondary N) is 1. The molecule has 1 atom stereocenters. The third kappa shape index (κ3) is 4.44. The molecule has 0 saturated heterocycles. The molecule has 1 aromatic carbocycles. The highest BCUT2D eigenvalue weighted by molar-refractivity contribution is 5.62. The molecule has 1 unspecified atom stereocenters. The number of hydrogen-bond donors (Lipinski definition) is 1. The molecule has 0 aliphatic carbocycles. The third-order valence-corrected chi connectivity index (χ3v) is 3.45. The Labute approximate surface area is 123 Å². The standard InChI is InChI=1S/C18H27NO/c1-8-14(4)20-15(5)19-18(6,7)17-11-9-10-16(12-17)13(2)3/h9-12,14,19H,2,5,8H2,1,3-4,6-7H3. The van der Waals surface area contributed by atoms with E-state index in [1.165, 1.54) is 5.56 Å². The second kappa shape index (κ2) is 6.65. The van der Waals surface area contributed by atoms with Crippen molar-refractivity contribution >= 4 is 5.57 Å². The van der Waals surface area contributed by atoms with E-state index >= 15 is 0 Å². The van der Waals surface area contributed by atoms with Gasteiger partial charge in [-0.1, -0.05) is 37.3 Å². The van der Waals surface area contributed by atoms with Crippen LogP contribution < -0.4 is 5.32 Å². The molecule has 0 bridgehead atoms. The van der Waals surface area contributed by atoms with E-state index in [9.17, 15) is 0 Å². The van der Waals surface area contributed by atoms with Crippen LogP contribution in [0, 0.1) is 0 Å². The van der Waals surface area contributed by atoms with E-state index in [1.54, 1.807) is 0 Å². The summed E-state index contributed by atoms with van der Waals surface area (Å²) in [7, 11) is 0. The summed E-state index contributed by atoms with van der Waals surface area (Å²) < 4.78 is 5.71. The molecule has 1 N–H and O–H groups in total. The van der Waals surface area contributed by atoms with Crippen molar-refractivity contribution < 1.29 is 4.74 Å². The summed E-state index contributed by atoms with van der Waals surface area (Å²) in [5, 5.41) is 3.36. The summed E-state index contributed by atoms with van der Waals surface area (Å²) in [5.74, 6) is 0.616. The predicted molar refractivity (Wildman–Crippen MR) is 87.3 cm³/mol. The molecule has 0 fully saturated rings. The number of ether oxygens (including phenoxy) is 1. The van der Waals surface area contributed by atoms with Crippen molar-refractivity contribution in [3.8, 4) is 0 Å². The van der Waals surface area contributed by atoms with Gasteiger partial charge < -0.3 is 10.1 Å². The Kier molecular flexibility index (Phi) is 5.43. The van der Waals surface area contributed by atoms with Crippen molar-refractivity contribution in [2.45, 2.75) is 52.7 Å². The largest absolute Gasteiger partial charge is 0.477 e. The monoisotopic (exact) mass is 273 g/mol. The summed E-state index contributed by atoms with van der Waals surface area (Å²) in [6.07, 6.45) is 1.14. The van der Waals surface area contributed by atoms with E-state index < -0.39 is 0 Å². The highest BCUT2D eigenvalue weighted by Crippen LogP contribution is 2.24. The van der Waals surface area contributed by atoms with E-state index in [2.05, 4.69) is 63.5 Å². The Morgan fingerprint density at radius 2 is 2.00 bits per heavy atom. The minimum absolute atomic E-state index is 0.174. The molecule has 2 nitrogen and oxygen atoms in total. The van der Waals surface area contributed by atoms with Crippen LogP contribution in [0.1, 0.15) is 52.2 Å². The second-order valence-electron chi connectivity index (χ2n) is 5.87. The van der Waals surface area contributed by atoms with E-state index in [0.717, 1.165) is 17.6 Å². The number of hydrogen-bond acceptors (Lipinski definition) is 2. The van der Waals surface area contributed by atoms with Crippen molar-refractivity contribution in [1.29, 1.82) is 0 Å². The van der Waals surface area contributed by atoms with Gasteiger partial charge in [0.15, 0.2) is 5.88 Å². The molecule has 0 saturated carbocycles. The molecule has 0 amide bonds. The van der Waals surface area contributed by atoms with Crippen LogP contribution in [0.25, 0.3) is 5.57 Å². The minimum atomic E-state index is -0.240. The fraction of sp³-hybridized carbons (Fsp3) is 0.444. The van der Waals surface area contributed by atoms with Crippen LogP contribution in [0.5, 0.6) is 0 Å². The molecule has 2 heteroatoms. The van der Waals surface area contributed by atoms with Crippen molar-refractivity contribution in [3.05, 3.63) is 54.4 Å². The van der Waals surface area contributed by atoms with Gasteiger partial charge >= 0.3 is 0 Å². The SMILES string of the molecule is C=C(NC(C)(C)c1cccc(C(=C)C)c1)OC(C)CC. The summed E-state index contributed by atoms with van der Waals surface area (Å²) in [6.45, 7) is 18.4. The van der Waals surface area contributed by atoms with Crippen molar-refractivity contribution in [1.82, 2.24) is 5.32 Å². The Morgan fingerprint density at radius 3 is 2.55 bits per heavy atom. The lowest BCUT2D eigenvalue weighted by atomic mass is 9.92. The molecule has 1 rings (SSSR count). The first-order chi connectivity index (χ1) is 9.26.